The van der Waals surface area contributed by atoms with Crippen LogP contribution in [0, 0.1) is 6.92 Å². The van der Waals surface area contributed by atoms with E-state index in [-0.39, 0.29) is 0 Å². The summed E-state index contributed by atoms with van der Waals surface area (Å²) in [6.07, 6.45) is 8.23. The maximum atomic E-state index is 4.43. The lowest BCUT2D eigenvalue weighted by atomic mass is 10.3. The van der Waals surface area contributed by atoms with Crippen molar-refractivity contribution in [2.75, 3.05) is 19.6 Å². The molecule has 2 aromatic heterocycles. The molecule has 3 heterocycles. The van der Waals surface area contributed by atoms with Crippen LogP contribution in [0.15, 0.2) is 24.7 Å². The molecule has 1 saturated heterocycles. The molecule has 1 atom stereocenters. The first-order valence-electron chi connectivity index (χ1n) is 6.92. The lowest BCUT2D eigenvalue weighted by Crippen LogP contribution is -2.24. The molecule has 1 unspecified atom stereocenters. The Hall–Kier alpha value is -1.62. The van der Waals surface area contributed by atoms with Gasteiger partial charge in [0.05, 0.1) is 12.2 Å². The minimum absolute atomic E-state index is 0.542. The van der Waals surface area contributed by atoms with Crippen LogP contribution in [0.25, 0.3) is 0 Å². The Kier molecular flexibility index (Phi) is 3.38. The molecule has 0 aliphatic carbocycles. The Morgan fingerprint density at radius 1 is 1.37 bits per heavy atom. The highest BCUT2D eigenvalue weighted by Crippen LogP contribution is 2.21. The van der Waals surface area contributed by atoms with Crippen LogP contribution in [0.3, 0.4) is 0 Å². The fraction of sp³-hybridized carbons (Fsp3) is 0.571. The topological polar surface area (TPSA) is 38.9 Å². The van der Waals surface area contributed by atoms with Crippen LogP contribution in [-0.4, -0.2) is 44.1 Å². The molecular weight excluding hydrogens is 238 g/mol. The Balaban J connectivity index is 1.53. The van der Waals surface area contributed by atoms with Crippen molar-refractivity contribution in [3.63, 3.8) is 0 Å². The van der Waals surface area contributed by atoms with Gasteiger partial charge in [-0.15, -0.1) is 0 Å². The van der Waals surface area contributed by atoms with Gasteiger partial charge in [0.2, 0.25) is 0 Å². The van der Waals surface area contributed by atoms with Gasteiger partial charge in [-0.1, -0.05) is 0 Å². The van der Waals surface area contributed by atoms with Crippen molar-refractivity contribution >= 4 is 0 Å². The molecule has 2 aromatic rings. The summed E-state index contributed by atoms with van der Waals surface area (Å²) in [7, 11) is 2.01. The third-order valence-electron chi connectivity index (χ3n) is 3.96. The molecule has 0 aromatic carbocycles. The van der Waals surface area contributed by atoms with E-state index in [1.54, 1.807) is 0 Å². The zero-order valence-electron chi connectivity index (χ0n) is 11.7. The summed E-state index contributed by atoms with van der Waals surface area (Å²) in [5, 5.41) is 8.64. The molecule has 1 aliphatic heterocycles. The number of likely N-dealkylation sites (tertiary alicyclic amines) is 1. The fourth-order valence-electron chi connectivity index (χ4n) is 2.78. The average Bonchev–Trinajstić information content (AvgIpc) is 3.08. The van der Waals surface area contributed by atoms with Gasteiger partial charge in [-0.25, -0.2) is 0 Å². The summed E-state index contributed by atoms with van der Waals surface area (Å²) in [5.41, 5.74) is 2.55. The molecule has 0 saturated carbocycles. The van der Waals surface area contributed by atoms with Gasteiger partial charge >= 0.3 is 0 Å². The second-order valence-electron chi connectivity index (χ2n) is 5.44. The molecule has 0 bridgehead atoms. The quantitative estimate of drug-likeness (QED) is 0.833. The zero-order chi connectivity index (χ0) is 13.2. The maximum Gasteiger partial charge on any atom is 0.0658 e. The van der Waals surface area contributed by atoms with Crippen molar-refractivity contribution in [2.45, 2.75) is 25.8 Å². The molecule has 102 valence electrons. The zero-order valence-corrected chi connectivity index (χ0v) is 11.7. The summed E-state index contributed by atoms with van der Waals surface area (Å²) in [6.45, 7) is 5.48. The van der Waals surface area contributed by atoms with Gasteiger partial charge in [0.15, 0.2) is 0 Å². The first kappa shape index (κ1) is 12.4. The molecule has 5 nitrogen and oxygen atoms in total. The second kappa shape index (κ2) is 5.17. The van der Waals surface area contributed by atoms with Crippen molar-refractivity contribution in [3.8, 4) is 0 Å². The molecule has 0 radical (unpaired) electrons. The van der Waals surface area contributed by atoms with Gasteiger partial charge in [0, 0.05) is 51.2 Å². The third kappa shape index (κ3) is 2.71. The van der Waals surface area contributed by atoms with Crippen molar-refractivity contribution in [2.24, 2.45) is 7.05 Å². The molecule has 19 heavy (non-hydrogen) atoms. The number of rotatable bonds is 4. The van der Waals surface area contributed by atoms with Crippen LogP contribution in [0.2, 0.25) is 0 Å². The number of nitrogens with zero attached hydrogens (tertiary/aromatic N) is 5. The largest absolute Gasteiger partial charge is 0.301 e. The van der Waals surface area contributed by atoms with Crippen molar-refractivity contribution in [3.05, 3.63) is 35.9 Å². The van der Waals surface area contributed by atoms with E-state index in [9.17, 15) is 0 Å². The van der Waals surface area contributed by atoms with Crippen molar-refractivity contribution < 1.29 is 0 Å². The van der Waals surface area contributed by atoms with E-state index in [1.165, 1.54) is 24.2 Å². The van der Waals surface area contributed by atoms with Gasteiger partial charge in [0.1, 0.15) is 0 Å². The Bertz CT molecular complexity index is 542. The lowest BCUT2D eigenvalue weighted by molar-refractivity contribution is 0.320. The van der Waals surface area contributed by atoms with E-state index in [0.29, 0.717) is 6.04 Å². The lowest BCUT2D eigenvalue weighted by Gasteiger charge is -2.16. The van der Waals surface area contributed by atoms with E-state index in [0.717, 1.165) is 19.5 Å². The van der Waals surface area contributed by atoms with Gasteiger partial charge < -0.3 is 4.90 Å². The van der Waals surface area contributed by atoms with Crippen LogP contribution in [0.1, 0.15) is 23.7 Å². The van der Waals surface area contributed by atoms with E-state index in [4.69, 9.17) is 0 Å². The second-order valence-corrected chi connectivity index (χ2v) is 5.44. The highest BCUT2D eigenvalue weighted by Gasteiger charge is 2.24. The fourth-order valence-corrected chi connectivity index (χ4v) is 2.78. The molecular formula is C14H21N5. The van der Waals surface area contributed by atoms with Crippen LogP contribution < -0.4 is 0 Å². The molecule has 0 spiro atoms. The van der Waals surface area contributed by atoms with Gasteiger partial charge in [-0.05, 0) is 25.0 Å². The average molecular weight is 259 g/mol. The summed E-state index contributed by atoms with van der Waals surface area (Å²) in [4.78, 5) is 2.52. The van der Waals surface area contributed by atoms with E-state index < -0.39 is 0 Å². The Morgan fingerprint density at radius 2 is 2.26 bits per heavy atom. The highest BCUT2D eigenvalue weighted by molar-refractivity contribution is 5.02. The van der Waals surface area contributed by atoms with Gasteiger partial charge in [0.25, 0.3) is 0 Å². The standard InChI is InChI=1S/C14H21N5/c1-12-9-16-19(10-12)14-5-8-18(11-14)7-4-13-3-6-15-17(13)2/h3,6,9-10,14H,4-5,7-8,11H2,1-2H3. The predicted octanol–water partition coefficient (Wildman–Crippen LogP) is 1.41. The number of hydrogen-bond donors (Lipinski definition) is 0. The molecule has 0 amide bonds. The minimum Gasteiger partial charge on any atom is -0.301 e. The Labute approximate surface area is 113 Å². The van der Waals surface area contributed by atoms with E-state index in [2.05, 4.69) is 39.0 Å². The number of aromatic nitrogens is 4. The van der Waals surface area contributed by atoms with Crippen LogP contribution in [0.4, 0.5) is 0 Å². The van der Waals surface area contributed by atoms with E-state index in [1.807, 2.05) is 24.1 Å². The monoisotopic (exact) mass is 259 g/mol. The van der Waals surface area contributed by atoms with Crippen molar-refractivity contribution in [1.29, 1.82) is 0 Å². The first-order chi connectivity index (χ1) is 9.22. The normalized spacial score (nSPS) is 20.2. The third-order valence-corrected chi connectivity index (χ3v) is 3.96. The molecule has 1 fully saturated rings. The predicted molar refractivity (Wildman–Crippen MR) is 74.0 cm³/mol. The van der Waals surface area contributed by atoms with Gasteiger partial charge in [-0.2, -0.15) is 10.2 Å². The summed E-state index contributed by atoms with van der Waals surface area (Å²) in [6, 6.07) is 2.64. The SMILES string of the molecule is Cc1cnn(C2CCN(CCc3ccnn3C)C2)c1. The molecule has 3 rings (SSSR count). The maximum absolute atomic E-state index is 4.43. The number of aryl methyl sites for hydroxylation is 2. The number of hydrogen-bond acceptors (Lipinski definition) is 3. The summed E-state index contributed by atoms with van der Waals surface area (Å²) >= 11 is 0. The molecule has 5 heteroatoms. The molecule has 1 aliphatic rings. The minimum atomic E-state index is 0.542. The molecule has 0 N–H and O–H groups in total. The van der Waals surface area contributed by atoms with Crippen molar-refractivity contribution in [1.82, 2.24) is 24.5 Å². The van der Waals surface area contributed by atoms with Gasteiger partial charge in [-0.3, -0.25) is 9.36 Å². The first-order valence-corrected chi connectivity index (χ1v) is 6.92. The summed E-state index contributed by atoms with van der Waals surface area (Å²) < 4.78 is 4.09. The van der Waals surface area contributed by atoms with Crippen LogP contribution in [-0.2, 0) is 13.5 Å². The Morgan fingerprint density at radius 3 is 2.95 bits per heavy atom. The van der Waals surface area contributed by atoms with Crippen LogP contribution >= 0.6 is 0 Å². The van der Waals surface area contributed by atoms with Crippen LogP contribution in [0.5, 0.6) is 0 Å². The van der Waals surface area contributed by atoms with E-state index >= 15 is 0 Å². The summed E-state index contributed by atoms with van der Waals surface area (Å²) in [5.74, 6) is 0. The smallest absolute Gasteiger partial charge is 0.0658 e. The highest BCUT2D eigenvalue weighted by atomic mass is 15.3.